The van der Waals surface area contributed by atoms with Gasteiger partial charge >= 0.3 is 0 Å². The predicted molar refractivity (Wildman–Crippen MR) is 70.7 cm³/mol. The second kappa shape index (κ2) is 5.36. The van der Waals surface area contributed by atoms with E-state index >= 15 is 0 Å². The number of amides is 1. The maximum absolute atomic E-state index is 12.2. The number of hydrogen-bond acceptors (Lipinski definition) is 3. The first-order valence-electron chi connectivity index (χ1n) is 6.49. The zero-order valence-electron chi connectivity index (χ0n) is 11.9. The van der Waals surface area contributed by atoms with E-state index in [1.807, 2.05) is 4.90 Å². The number of carbonyl (C=O) groups is 1. The van der Waals surface area contributed by atoms with E-state index in [1.165, 1.54) is 0 Å². The van der Waals surface area contributed by atoms with Crippen LogP contribution in [0.5, 0.6) is 0 Å². The standard InChI is InChI=1S/C13H27N3O/c1-10(2)8-11(14)12(17)16-7-6-15(5)13(3,4)9-16/h10-11H,6-9,14H2,1-5H3/t11-/m1/s1. The number of hydrogen-bond donors (Lipinski definition) is 1. The van der Waals surface area contributed by atoms with Crippen LogP contribution in [0.25, 0.3) is 0 Å². The molecule has 1 amide bonds. The second-order valence-electron chi connectivity index (χ2n) is 6.23. The minimum atomic E-state index is -0.339. The molecule has 0 aromatic carbocycles. The summed E-state index contributed by atoms with van der Waals surface area (Å²) in [5.41, 5.74) is 6.01. The number of nitrogens with zero attached hydrogens (tertiary/aromatic N) is 2. The summed E-state index contributed by atoms with van der Waals surface area (Å²) in [6.45, 7) is 11.0. The van der Waals surface area contributed by atoms with E-state index in [0.717, 1.165) is 26.1 Å². The fraction of sp³-hybridized carbons (Fsp3) is 0.923. The first-order chi connectivity index (χ1) is 7.74. The van der Waals surface area contributed by atoms with Crippen molar-refractivity contribution >= 4 is 5.91 Å². The van der Waals surface area contributed by atoms with Gasteiger partial charge in [0.15, 0.2) is 0 Å². The highest BCUT2D eigenvalue weighted by atomic mass is 16.2. The Kier molecular flexibility index (Phi) is 4.55. The molecule has 17 heavy (non-hydrogen) atoms. The van der Waals surface area contributed by atoms with Gasteiger partial charge in [0, 0.05) is 25.2 Å². The maximum Gasteiger partial charge on any atom is 0.239 e. The molecule has 0 unspecified atom stereocenters. The van der Waals surface area contributed by atoms with E-state index in [-0.39, 0.29) is 17.5 Å². The Balaban J connectivity index is 2.59. The highest BCUT2D eigenvalue weighted by Crippen LogP contribution is 2.19. The number of nitrogens with two attached hydrogens (primary N) is 1. The Hall–Kier alpha value is -0.610. The van der Waals surface area contributed by atoms with Crippen LogP contribution in [0.2, 0.25) is 0 Å². The Morgan fingerprint density at radius 2 is 1.94 bits per heavy atom. The Morgan fingerprint density at radius 3 is 2.41 bits per heavy atom. The minimum absolute atomic E-state index is 0.0471. The van der Waals surface area contributed by atoms with Gasteiger partial charge in [-0.25, -0.2) is 0 Å². The van der Waals surface area contributed by atoms with Crippen molar-refractivity contribution in [2.75, 3.05) is 26.7 Å². The fourth-order valence-corrected chi connectivity index (χ4v) is 2.27. The topological polar surface area (TPSA) is 49.6 Å². The van der Waals surface area contributed by atoms with Gasteiger partial charge in [-0.15, -0.1) is 0 Å². The maximum atomic E-state index is 12.2. The molecule has 1 rings (SSSR count). The molecule has 0 aromatic heterocycles. The molecule has 1 aliphatic heterocycles. The van der Waals surface area contributed by atoms with Crippen molar-refractivity contribution < 1.29 is 4.79 Å². The van der Waals surface area contributed by atoms with E-state index in [9.17, 15) is 4.79 Å². The van der Waals surface area contributed by atoms with Crippen LogP contribution in [-0.2, 0) is 4.79 Å². The lowest BCUT2D eigenvalue weighted by Gasteiger charge is -2.45. The van der Waals surface area contributed by atoms with Gasteiger partial charge in [-0.3, -0.25) is 9.69 Å². The molecular weight excluding hydrogens is 214 g/mol. The van der Waals surface area contributed by atoms with Crippen LogP contribution < -0.4 is 5.73 Å². The fourth-order valence-electron chi connectivity index (χ4n) is 2.27. The minimum Gasteiger partial charge on any atom is -0.338 e. The molecule has 1 aliphatic rings. The molecule has 1 atom stereocenters. The number of carbonyl (C=O) groups excluding carboxylic acids is 1. The van der Waals surface area contributed by atoms with E-state index in [0.29, 0.717) is 5.92 Å². The van der Waals surface area contributed by atoms with Gasteiger partial charge < -0.3 is 10.6 Å². The summed E-state index contributed by atoms with van der Waals surface area (Å²) in [5.74, 6) is 0.578. The second-order valence-corrected chi connectivity index (χ2v) is 6.23. The molecule has 1 fully saturated rings. The number of piperazine rings is 1. The lowest BCUT2D eigenvalue weighted by Crippen LogP contribution is -2.61. The first-order valence-corrected chi connectivity index (χ1v) is 6.49. The average molecular weight is 241 g/mol. The van der Waals surface area contributed by atoms with Gasteiger partial charge in [0.1, 0.15) is 0 Å². The van der Waals surface area contributed by atoms with Crippen LogP contribution in [0.1, 0.15) is 34.1 Å². The summed E-state index contributed by atoms with van der Waals surface area (Å²) in [5, 5.41) is 0. The molecule has 0 aromatic rings. The summed E-state index contributed by atoms with van der Waals surface area (Å²) < 4.78 is 0. The van der Waals surface area contributed by atoms with Gasteiger partial charge in [0.2, 0.25) is 5.91 Å². The molecule has 100 valence electrons. The zero-order valence-corrected chi connectivity index (χ0v) is 11.9. The monoisotopic (exact) mass is 241 g/mol. The van der Waals surface area contributed by atoms with Gasteiger partial charge in [-0.2, -0.15) is 0 Å². The third-order valence-electron chi connectivity index (χ3n) is 3.67. The molecule has 0 saturated carbocycles. The normalized spacial score (nSPS) is 22.9. The van der Waals surface area contributed by atoms with Gasteiger partial charge in [0.05, 0.1) is 6.04 Å². The van der Waals surface area contributed by atoms with Gasteiger partial charge in [-0.1, -0.05) is 13.8 Å². The number of rotatable bonds is 3. The zero-order chi connectivity index (χ0) is 13.2. The van der Waals surface area contributed by atoms with Crippen molar-refractivity contribution in [3.63, 3.8) is 0 Å². The Bertz CT molecular complexity index is 276. The average Bonchev–Trinajstić information content (AvgIpc) is 2.20. The van der Waals surface area contributed by atoms with Crippen LogP contribution in [0.4, 0.5) is 0 Å². The SMILES string of the molecule is CC(C)C[C@@H](N)C(=O)N1CCN(C)C(C)(C)C1. The third kappa shape index (κ3) is 3.68. The third-order valence-corrected chi connectivity index (χ3v) is 3.67. The van der Waals surface area contributed by atoms with E-state index in [4.69, 9.17) is 5.73 Å². The molecule has 4 nitrogen and oxygen atoms in total. The van der Waals surface area contributed by atoms with Crippen molar-refractivity contribution in [2.45, 2.75) is 45.7 Å². The first kappa shape index (κ1) is 14.5. The lowest BCUT2D eigenvalue weighted by molar-refractivity contribution is -0.137. The van der Waals surface area contributed by atoms with Crippen molar-refractivity contribution in [2.24, 2.45) is 11.7 Å². The largest absolute Gasteiger partial charge is 0.338 e. The Morgan fingerprint density at radius 1 is 1.35 bits per heavy atom. The number of likely N-dealkylation sites (N-methyl/N-ethyl adjacent to an activating group) is 1. The van der Waals surface area contributed by atoms with Gasteiger partial charge in [0.25, 0.3) is 0 Å². The summed E-state index contributed by atoms with van der Waals surface area (Å²) in [4.78, 5) is 16.4. The van der Waals surface area contributed by atoms with E-state index in [1.54, 1.807) is 0 Å². The molecule has 0 radical (unpaired) electrons. The van der Waals surface area contributed by atoms with Crippen molar-refractivity contribution in [3.05, 3.63) is 0 Å². The summed E-state index contributed by atoms with van der Waals surface area (Å²) in [6.07, 6.45) is 0.769. The van der Waals surface area contributed by atoms with Crippen LogP contribution in [0, 0.1) is 5.92 Å². The molecular formula is C13H27N3O. The van der Waals surface area contributed by atoms with E-state index in [2.05, 4.69) is 39.6 Å². The van der Waals surface area contributed by atoms with Gasteiger partial charge in [-0.05, 0) is 33.2 Å². The molecule has 2 N–H and O–H groups in total. The molecule has 1 saturated heterocycles. The molecule has 1 heterocycles. The summed E-state index contributed by atoms with van der Waals surface area (Å²) >= 11 is 0. The van der Waals surface area contributed by atoms with E-state index < -0.39 is 0 Å². The molecule has 0 spiro atoms. The van der Waals surface area contributed by atoms with Crippen molar-refractivity contribution in [3.8, 4) is 0 Å². The van der Waals surface area contributed by atoms with Crippen LogP contribution in [0.15, 0.2) is 0 Å². The van der Waals surface area contributed by atoms with Crippen molar-refractivity contribution in [1.29, 1.82) is 0 Å². The van der Waals surface area contributed by atoms with Crippen molar-refractivity contribution in [1.82, 2.24) is 9.80 Å². The highest BCUT2D eigenvalue weighted by Gasteiger charge is 2.34. The summed E-state index contributed by atoms with van der Waals surface area (Å²) in [7, 11) is 2.11. The lowest BCUT2D eigenvalue weighted by atomic mass is 9.97. The summed E-state index contributed by atoms with van der Waals surface area (Å²) in [6, 6.07) is -0.339. The van der Waals surface area contributed by atoms with Crippen LogP contribution in [0.3, 0.4) is 0 Å². The molecule has 0 bridgehead atoms. The van der Waals surface area contributed by atoms with Crippen LogP contribution >= 0.6 is 0 Å². The molecule has 0 aliphatic carbocycles. The highest BCUT2D eigenvalue weighted by molar-refractivity contribution is 5.81. The quantitative estimate of drug-likeness (QED) is 0.799. The Labute approximate surface area is 105 Å². The smallest absolute Gasteiger partial charge is 0.239 e. The predicted octanol–water partition coefficient (Wildman–Crippen LogP) is 0.912. The molecule has 4 heteroatoms. The van der Waals surface area contributed by atoms with Crippen LogP contribution in [-0.4, -0.2) is 54.0 Å².